The second-order valence-corrected chi connectivity index (χ2v) is 10.9. The third-order valence-electron chi connectivity index (χ3n) is 8.84. The van der Waals surface area contributed by atoms with Gasteiger partial charge in [0.2, 0.25) is 0 Å². The van der Waals surface area contributed by atoms with Crippen LogP contribution in [0.2, 0.25) is 0 Å². The Bertz CT molecular complexity index is 1870. The number of nitriles is 1. The molecule has 0 amide bonds. The molecule has 2 aliphatic heterocycles. The standard InChI is InChI=1S/C36H28N4/c37-22-24-17-18-25(39-32-13-5-1-9-26(32)27-10-2-6-14-33(27)39)21-30(24)31-23-38-20-19-36(31)40-34-15-7-3-11-28(34)29-12-4-8-16-35(29)40/h1-17,21,23,25-26,32H,18-20H2. The van der Waals surface area contributed by atoms with E-state index in [-0.39, 0.29) is 12.1 Å². The van der Waals surface area contributed by atoms with Crippen molar-refractivity contribution in [2.75, 3.05) is 11.4 Å². The van der Waals surface area contributed by atoms with Crippen molar-refractivity contribution in [1.29, 1.82) is 5.26 Å². The summed E-state index contributed by atoms with van der Waals surface area (Å²) in [5.41, 5.74) is 9.05. The van der Waals surface area contributed by atoms with Crippen LogP contribution in [-0.2, 0) is 0 Å². The number of fused-ring (bicyclic) bond motifs is 6. The summed E-state index contributed by atoms with van der Waals surface area (Å²) >= 11 is 0. The summed E-state index contributed by atoms with van der Waals surface area (Å²) in [6, 6.07) is 29.0. The Hall–Kier alpha value is -4.88. The molecule has 0 spiro atoms. The van der Waals surface area contributed by atoms with Crippen LogP contribution in [0.4, 0.5) is 5.69 Å². The summed E-state index contributed by atoms with van der Waals surface area (Å²) in [6.45, 7) is 0.738. The normalized spacial score (nSPS) is 23.3. The summed E-state index contributed by atoms with van der Waals surface area (Å²) in [7, 11) is 0. The monoisotopic (exact) mass is 516 g/mol. The van der Waals surface area contributed by atoms with Gasteiger partial charge < -0.3 is 9.47 Å². The molecule has 2 aliphatic carbocycles. The molecular formula is C36H28N4. The lowest BCUT2D eigenvalue weighted by atomic mass is 9.87. The quantitative estimate of drug-likeness (QED) is 0.280. The van der Waals surface area contributed by atoms with Crippen molar-refractivity contribution in [1.82, 2.24) is 4.57 Å². The number of dihydropyridines is 1. The Morgan fingerprint density at radius 2 is 1.57 bits per heavy atom. The van der Waals surface area contributed by atoms with Gasteiger partial charge in [0.05, 0.1) is 34.8 Å². The predicted octanol–water partition coefficient (Wildman–Crippen LogP) is 7.73. The zero-order chi connectivity index (χ0) is 26.6. The highest BCUT2D eigenvalue weighted by Gasteiger charge is 2.40. The van der Waals surface area contributed by atoms with E-state index in [1.807, 2.05) is 6.21 Å². The highest BCUT2D eigenvalue weighted by molar-refractivity contribution is 6.11. The molecule has 4 aromatic rings. The molecule has 3 heterocycles. The second kappa shape index (κ2) is 9.10. The molecular weight excluding hydrogens is 488 g/mol. The number of para-hydroxylation sites is 3. The Balaban J connectivity index is 1.32. The predicted molar refractivity (Wildman–Crippen MR) is 165 cm³/mol. The van der Waals surface area contributed by atoms with E-state index in [0.29, 0.717) is 5.92 Å². The van der Waals surface area contributed by atoms with Gasteiger partial charge in [0.1, 0.15) is 0 Å². The molecule has 0 fully saturated rings. The first-order valence-corrected chi connectivity index (χ1v) is 14.1. The van der Waals surface area contributed by atoms with Crippen molar-refractivity contribution in [3.63, 3.8) is 0 Å². The summed E-state index contributed by atoms with van der Waals surface area (Å²) < 4.78 is 2.40. The molecule has 1 aromatic heterocycles. The number of hydrogen-bond acceptors (Lipinski definition) is 3. The number of hydrogen-bond donors (Lipinski definition) is 0. The molecule has 8 rings (SSSR count). The van der Waals surface area contributed by atoms with Gasteiger partial charge in [0.25, 0.3) is 0 Å². The topological polar surface area (TPSA) is 44.3 Å². The van der Waals surface area contributed by atoms with Gasteiger partial charge in [0, 0.05) is 58.4 Å². The molecule has 3 unspecified atom stereocenters. The smallest absolute Gasteiger partial charge is 0.0994 e. The van der Waals surface area contributed by atoms with Gasteiger partial charge in [-0.05, 0) is 30.2 Å². The molecule has 0 radical (unpaired) electrons. The van der Waals surface area contributed by atoms with Crippen LogP contribution in [0.5, 0.6) is 0 Å². The Labute approximate surface area is 233 Å². The maximum absolute atomic E-state index is 10.3. The first-order chi connectivity index (χ1) is 19.8. The van der Waals surface area contributed by atoms with E-state index in [9.17, 15) is 5.26 Å². The van der Waals surface area contributed by atoms with Crippen LogP contribution in [-0.4, -0.2) is 29.4 Å². The van der Waals surface area contributed by atoms with Gasteiger partial charge in [-0.2, -0.15) is 5.26 Å². The molecule has 3 aromatic carbocycles. The minimum atomic E-state index is 0.140. The van der Waals surface area contributed by atoms with Crippen LogP contribution in [0.25, 0.3) is 27.5 Å². The fourth-order valence-electron chi connectivity index (χ4n) is 7.15. The maximum atomic E-state index is 10.3. The van der Waals surface area contributed by atoms with Crippen molar-refractivity contribution in [3.05, 3.63) is 132 Å². The highest BCUT2D eigenvalue weighted by Crippen LogP contribution is 2.47. The van der Waals surface area contributed by atoms with Crippen molar-refractivity contribution < 1.29 is 0 Å². The van der Waals surface area contributed by atoms with Crippen LogP contribution >= 0.6 is 0 Å². The lowest BCUT2D eigenvalue weighted by molar-refractivity contribution is 0.611. The SMILES string of the molecule is N#CC1=CCC(N2c3ccccc3C3C=CC=CC32)C=C1C1=C(n2c3ccccc3c3ccccc32)CCN=C1. The van der Waals surface area contributed by atoms with Crippen molar-refractivity contribution in [2.24, 2.45) is 4.99 Å². The summed E-state index contributed by atoms with van der Waals surface area (Å²) in [6.07, 6.45) is 17.1. The van der Waals surface area contributed by atoms with Crippen molar-refractivity contribution >= 4 is 39.4 Å². The maximum Gasteiger partial charge on any atom is 0.0994 e. The summed E-state index contributed by atoms with van der Waals surface area (Å²) in [4.78, 5) is 7.30. The minimum Gasteiger partial charge on any atom is -0.357 e. The lowest BCUT2D eigenvalue weighted by Gasteiger charge is -2.36. The fraction of sp³-hybridized carbons (Fsp3) is 0.167. The van der Waals surface area contributed by atoms with E-state index >= 15 is 0 Å². The first-order valence-electron chi connectivity index (χ1n) is 14.1. The van der Waals surface area contributed by atoms with Gasteiger partial charge in [-0.25, -0.2) is 0 Å². The zero-order valence-electron chi connectivity index (χ0n) is 22.1. The number of aromatic nitrogens is 1. The molecule has 0 saturated carbocycles. The third-order valence-corrected chi connectivity index (χ3v) is 8.84. The summed E-state index contributed by atoms with van der Waals surface area (Å²) in [5, 5.41) is 12.8. The van der Waals surface area contributed by atoms with Gasteiger partial charge in [-0.1, -0.05) is 91.1 Å². The van der Waals surface area contributed by atoms with Crippen LogP contribution in [0, 0.1) is 11.3 Å². The van der Waals surface area contributed by atoms with Crippen LogP contribution in [0.3, 0.4) is 0 Å². The van der Waals surface area contributed by atoms with Crippen LogP contribution in [0.15, 0.2) is 131 Å². The second-order valence-electron chi connectivity index (χ2n) is 10.9. The minimum absolute atomic E-state index is 0.140. The van der Waals surface area contributed by atoms with Crippen LogP contribution in [0.1, 0.15) is 24.3 Å². The molecule has 192 valence electrons. The van der Waals surface area contributed by atoms with E-state index in [0.717, 1.165) is 36.1 Å². The highest BCUT2D eigenvalue weighted by atomic mass is 15.2. The fourth-order valence-corrected chi connectivity index (χ4v) is 7.15. The summed E-state index contributed by atoms with van der Waals surface area (Å²) in [5.74, 6) is 0.350. The van der Waals surface area contributed by atoms with E-state index < -0.39 is 0 Å². The first kappa shape index (κ1) is 23.0. The van der Waals surface area contributed by atoms with E-state index in [2.05, 4.69) is 125 Å². The molecule has 3 atom stereocenters. The average molecular weight is 517 g/mol. The molecule has 0 bridgehead atoms. The van der Waals surface area contributed by atoms with E-state index in [4.69, 9.17) is 4.99 Å². The molecule has 0 N–H and O–H groups in total. The Morgan fingerprint density at radius 3 is 2.38 bits per heavy atom. The number of benzene rings is 3. The van der Waals surface area contributed by atoms with E-state index in [1.165, 1.54) is 38.8 Å². The zero-order valence-corrected chi connectivity index (χ0v) is 22.1. The Kier molecular flexibility index (Phi) is 5.24. The van der Waals surface area contributed by atoms with Crippen molar-refractivity contribution in [3.8, 4) is 6.07 Å². The number of allylic oxidation sites excluding steroid dienone is 5. The Morgan fingerprint density at radius 1 is 0.850 bits per heavy atom. The van der Waals surface area contributed by atoms with Gasteiger partial charge >= 0.3 is 0 Å². The molecule has 4 nitrogen and oxygen atoms in total. The van der Waals surface area contributed by atoms with E-state index in [1.54, 1.807) is 0 Å². The molecule has 4 aliphatic rings. The van der Waals surface area contributed by atoms with Gasteiger partial charge in [-0.15, -0.1) is 0 Å². The third kappa shape index (κ3) is 3.34. The number of nitrogens with zero attached hydrogens (tertiary/aromatic N) is 4. The van der Waals surface area contributed by atoms with Crippen LogP contribution < -0.4 is 4.90 Å². The van der Waals surface area contributed by atoms with Crippen molar-refractivity contribution in [2.45, 2.75) is 30.8 Å². The molecule has 40 heavy (non-hydrogen) atoms. The van der Waals surface area contributed by atoms with Gasteiger partial charge in [-0.3, -0.25) is 4.99 Å². The number of aliphatic imine (C=N–C) groups is 1. The molecule has 0 saturated heterocycles. The largest absolute Gasteiger partial charge is 0.357 e. The number of rotatable bonds is 3. The lowest BCUT2D eigenvalue weighted by Crippen LogP contribution is -2.41. The number of anilines is 1. The molecule has 4 heteroatoms. The average Bonchev–Trinajstić information content (AvgIpc) is 3.54. The van der Waals surface area contributed by atoms with Gasteiger partial charge in [0.15, 0.2) is 0 Å².